The Bertz CT molecular complexity index is 404. The zero-order valence-electron chi connectivity index (χ0n) is 9.00. The van der Waals surface area contributed by atoms with Crippen LogP contribution in [0.25, 0.3) is 10.8 Å². The van der Waals surface area contributed by atoms with Gasteiger partial charge in [0.1, 0.15) is 6.04 Å². The number of carboxylic acids is 1. The number of nitrogens with two attached hydrogens (primary N) is 1. The number of aromatic nitrogens is 1. The van der Waals surface area contributed by atoms with E-state index in [-0.39, 0.29) is 0 Å². The van der Waals surface area contributed by atoms with Crippen LogP contribution in [-0.2, 0) is 4.79 Å². The van der Waals surface area contributed by atoms with Crippen molar-refractivity contribution in [3.8, 4) is 0 Å². The van der Waals surface area contributed by atoms with Gasteiger partial charge in [0.05, 0.1) is 0 Å². The molecule has 0 aliphatic heterocycles. The molecule has 0 amide bonds. The summed E-state index contributed by atoms with van der Waals surface area (Å²) in [7, 11) is 0. The number of rotatable bonds is 1. The highest BCUT2D eigenvalue weighted by Gasteiger charge is 1.99. The first-order valence-electron chi connectivity index (χ1n) is 4.88. The minimum atomic E-state index is -0.963. The standard InChI is InChI=1S/C9H7N.C3H7NO2/c1-2-4-9-7-10-6-5-8(9)3-1;1-2(4)3(5)6/h1-7H;2H,4H2,1H3,(H,5,6)/t;2-/m.0/s1. The van der Waals surface area contributed by atoms with E-state index in [2.05, 4.69) is 17.1 Å². The predicted molar refractivity (Wildman–Crippen MR) is 63.0 cm³/mol. The van der Waals surface area contributed by atoms with E-state index in [9.17, 15) is 4.79 Å². The van der Waals surface area contributed by atoms with E-state index in [1.165, 1.54) is 17.7 Å². The minimum absolute atomic E-state index is 0.731. The van der Waals surface area contributed by atoms with Crippen LogP contribution >= 0.6 is 0 Å². The summed E-state index contributed by atoms with van der Waals surface area (Å²) in [5.74, 6) is -0.963. The Morgan fingerprint density at radius 2 is 1.88 bits per heavy atom. The maximum absolute atomic E-state index is 9.57. The van der Waals surface area contributed by atoms with Crippen molar-refractivity contribution in [2.45, 2.75) is 13.0 Å². The summed E-state index contributed by atoms with van der Waals surface area (Å²) in [6.07, 6.45) is 3.68. The number of benzene rings is 1. The first-order chi connectivity index (χ1) is 7.61. The summed E-state index contributed by atoms with van der Waals surface area (Å²) < 4.78 is 0. The number of pyridine rings is 1. The zero-order valence-corrected chi connectivity index (χ0v) is 9.00. The van der Waals surface area contributed by atoms with Crippen LogP contribution in [0.3, 0.4) is 0 Å². The average Bonchev–Trinajstić information content (AvgIpc) is 2.30. The van der Waals surface area contributed by atoms with Gasteiger partial charge >= 0.3 is 5.97 Å². The molecule has 4 nitrogen and oxygen atoms in total. The van der Waals surface area contributed by atoms with E-state index >= 15 is 0 Å². The van der Waals surface area contributed by atoms with Crippen LogP contribution < -0.4 is 5.73 Å². The van der Waals surface area contributed by atoms with Crippen LogP contribution in [0, 0.1) is 0 Å². The highest BCUT2D eigenvalue weighted by atomic mass is 16.4. The minimum Gasteiger partial charge on any atom is -0.480 e. The molecule has 0 bridgehead atoms. The number of nitrogens with zero attached hydrogens (tertiary/aromatic N) is 1. The van der Waals surface area contributed by atoms with Gasteiger partial charge in [-0.1, -0.05) is 24.3 Å². The summed E-state index contributed by atoms with van der Waals surface area (Å²) in [4.78, 5) is 13.6. The zero-order chi connectivity index (χ0) is 12.0. The lowest BCUT2D eigenvalue weighted by Crippen LogP contribution is -2.25. The van der Waals surface area contributed by atoms with Crippen LogP contribution in [0.5, 0.6) is 0 Å². The molecule has 1 heterocycles. The van der Waals surface area contributed by atoms with Gasteiger partial charge in [-0.15, -0.1) is 0 Å². The Morgan fingerprint density at radius 1 is 1.31 bits per heavy atom. The second kappa shape index (κ2) is 5.82. The molecule has 0 fully saturated rings. The molecule has 1 aromatic heterocycles. The average molecular weight is 218 g/mol. The number of hydrogen-bond donors (Lipinski definition) is 2. The molecule has 0 saturated carbocycles. The predicted octanol–water partition coefficient (Wildman–Crippen LogP) is 1.65. The molecule has 16 heavy (non-hydrogen) atoms. The third-order valence-corrected chi connectivity index (χ3v) is 1.94. The molecule has 0 aliphatic rings. The van der Waals surface area contributed by atoms with Crippen molar-refractivity contribution >= 4 is 16.7 Å². The van der Waals surface area contributed by atoms with Gasteiger partial charge in [0.25, 0.3) is 0 Å². The SMILES string of the molecule is C[C@H](N)C(=O)O.c1ccc2cnccc2c1. The van der Waals surface area contributed by atoms with Gasteiger partial charge in [-0.2, -0.15) is 0 Å². The number of hydrogen-bond acceptors (Lipinski definition) is 3. The van der Waals surface area contributed by atoms with Gasteiger partial charge in [-0.05, 0) is 23.8 Å². The Morgan fingerprint density at radius 3 is 2.38 bits per heavy atom. The van der Waals surface area contributed by atoms with Crippen LogP contribution in [-0.4, -0.2) is 22.1 Å². The Balaban J connectivity index is 0.000000187. The van der Waals surface area contributed by atoms with E-state index in [0.29, 0.717) is 0 Å². The highest BCUT2D eigenvalue weighted by molar-refractivity contribution is 5.80. The molecule has 0 unspecified atom stereocenters. The quantitative estimate of drug-likeness (QED) is 0.763. The summed E-state index contributed by atoms with van der Waals surface area (Å²) in [6, 6.07) is 9.46. The smallest absolute Gasteiger partial charge is 0.320 e. The maximum atomic E-state index is 9.57. The van der Waals surface area contributed by atoms with Crippen molar-refractivity contribution < 1.29 is 9.90 Å². The third kappa shape index (κ3) is 3.67. The molecular weight excluding hydrogens is 204 g/mol. The number of aliphatic carboxylic acids is 1. The van der Waals surface area contributed by atoms with Crippen LogP contribution in [0.2, 0.25) is 0 Å². The molecule has 4 heteroatoms. The van der Waals surface area contributed by atoms with Crippen LogP contribution in [0.4, 0.5) is 0 Å². The van der Waals surface area contributed by atoms with Crippen molar-refractivity contribution in [1.29, 1.82) is 0 Å². The number of carbonyl (C=O) groups is 1. The Kier molecular flexibility index (Phi) is 4.42. The first-order valence-corrected chi connectivity index (χ1v) is 4.88. The topological polar surface area (TPSA) is 76.2 Å². The molecule has 1 atom stereocenters. The molecule has 1 aromatic carbocycles. The fourth-order valence-corrected chi connectivity index (χ4v) is 1.03. The summed E-state index contributed by atoms with van der Waals surface area (Å²) >= 11 is 0. The molecule has 0 spiro atoms. The van der Waals surface area contributed by atoms with Crippen molar-refractivity contribution in [2.75, 3.05) is 0 Å². The van der Waals surface area contributed by atoms with E-state index in [1.807, 2.05) is 30.6 Å². The lowest BCUT2D eigenvalue weighted by molar-refractivity contribution is -0.138. The Hall–Kier alpha value is -1.94. The van der Waals surface area contributed by atoms with Gasteiger partial charge in [0, 0.05) is 12.4 Å². The second-order valence-corrected chi connectivity index (χ2v) is 3.35. The van der Waals surface area contributed by atoms with Crippen molar-refractivity contribution in [3.05, 3.63) is 42.7 Å². The van der Waals surface area contributed by atoms with E-state index in [1.54, 1.807) is 0 Å². The van der Waals surface area contributed by atoms with Crippen molar-refractivity contribution in [1.82, 2.24) is 4.98 Å². The number of carboxylic acid groups (broad SMARTS) is 1. The first kappa shape index (κ1) is 12.1. The normalized spacial score (nSPS) is 11.4. The summed E-state index contributed by atoms with van der Waals surface area (Å²) in [5.41, 5.74) is 4.84. The molecule has 0 saturated heterocycles. The van der Waals surface area contributed by atoms with Crippen molar-refractivity contribution in [3.63, 3.8) is 0 Å². The van der Waals surface area contributed by atoms with Gasteiger partial charge in [-0.25, -0.2) is 0 Å². The van der Waals surface area contributed by atoms with Gasteiger partial charge in [-0.3, -0.25) is 9.78 Å². The largest absolute Gasteiger partial charge is 0.480 e. The van der Waals surface area contributed by atoms with E-state index < -0.39 is 12.0 Å². The number of fused-ring (bicyclic) bond motifs is 1. The molecule has 0 radical (unpaired) electrons. The van der Waals surface area contributed by atoms with Gasteiger partial charge < -0.3 is 10.8 Å². The summed E-state index contributed by atoms with van der Waals surface area (Å²) in [5, 5.41) is 10.3. The molecule has 2 aromatic rings. The third-order valence-electron chi connectivity index (χ3n) is 1.94. The lowest BCUT2D eigenvalue weighted by Gasteiger charge is -1.91. The van der Waals surface area contributed by atoms with Crippen LogP contribution in [0.15, 0.2) is 42.7 Å². The molecule has 3 N–H and O–H groups in total. The van der Waals surface area contributed by atoms with Crippen molar-refractivity contribution in [2.24, 2.45) is 5.73 Å². The maximum Gasteiger partial charge on any atom is 0.320 e. The second-order valence-electron chi connectivity index (χ2n) is 3.35. The Labute approximate surface area is 93.7 Å². The monoisotopic (exact) mass is 218 g/mol. The molecule has 2 rings (SSSR count). The van der Waals surface area contributed by atoms with E-state index in [4.69, 9.17) is 10.8 Å². The van der Waals surface area contributed by atoms with Gasteiger partial charge in [0.2, 0.25) is 0 Å². The van der Waals surface area contributed by atoms with E-state index in [0.717, 1.165) is 0 Å². The van der Waals surface area contributed by atoms with Gasteiger partial charge in [0.15, 0.2) is 0 Å². The lowest BCUT2D eigenvalue weighted by atomic mass is 10.2. The fraction of sp³-hybridized carbons (Fsp3) is 0.167. The summed E-state index contributed by atoms with van der Waals surface area (Å²) in [6.45, 7) is 1.42. The molecule has 84 valence electrons. The fourth-order valence-electron chi connectivity index (χ4n) is 1.03. The van der Waals surface area contributed by atoms with Crippen LogP contribution in [0.1, 0.15) is 6.92 Å². The molecular formula is C12H14N2O2. The molecule has 0 aliphatic carbocycles. The highest BCUT2D eigenvalue weighted by Crippen LogP contribution is 2.09.